The zero-order valence-corrected chi connectivity index (χ0v) is 11.5. The van der Waals surface area contributed by atoms with Gasteiger partial charge in [-0.3, -0.25) is 0 Å². The fraction of sp³-hybridized carbons (Fsp3) is 1.00. The number of hydrogen-bond donors (Lipinski definition) is 1. The van der Waals surface area contributed by atoms with Crippen LogP contribution in [0.25, 0.3) is 0 Å². The van der Waals surface area contributed by atoms with Crippen LogP contribution in [0.3, 0.4) is 0 Å². The molecular weight excluding hydrogens is 228 g/mol. The molecule has 0 aromatic carbocycles. The monoisotopic (exact) mass is 254 g/mol. The fourth-order valence-corrected chi connectivity index (χ4v) is 5.08. The van der Waals surface area contributed by atoms with Crippen molar-refractivity contribution in [1.82, 2.24) is 0 Å². The molecule has 3 aliphatic rings. The van der Waals surface area contributed by atoms with Gasteiger partial charge in [0.05, 0.1) is 6.10 Å². The highest BCUT2D eigenvalue weighted by Crippen LogP contribution is 2.54. The Balaban J connectivity index is 1.85. The van der Waals surface area contributed by atoms with Gasteiger partial charge < -0.3 is 14.6 Å². The molecule has 6 unspecified atom stereocenters. The quantitative estimate of drug-likeness (QED) is 0.822. The van der Waals surface area contributed by atoms with E-state index < -0.39 is 0 Å². The molecule has 0 spiro atoms. The molecule has 104 valence electrons. The van der Waals surface area contributed by atoms with Gasteiger partial charge in [0.1, 0.15) is 0 Å². The highest BCUT2D eigenvalue weighted by atomic mass is 16.7. The lowest BCUT2D eigenvalue weighted by Crippen LogP contribution is -2.45. The average molecular weight is 254 g/mol. The van der Waals surface area contributed by atoms with Gasteiger partial charge in [-0.15, -0.1) is 0 Å². The molecule has 7 atom stereocenters. The van der Waals surface area contributed by atoms with E-state index in [1.54, 1.807) is 7.11 Å². The lowest BCUT2D eigenvalue weighted by atomic mass is 9.57. The Kier molecular flexibility index (Phi) is 3.65. The zero-order chi connectivity index (χ0) is 12.7. The van der Waals surface area contributed by atoms with Crippen LogP contribution in [0.2, 0.25) is 0 Å². The molecule has 0 bridgehead atoms. The predicted octanol–water partition coefficient (Wildman–Crippen LogP) is 2.43. The first-order valence-electron chi connectivity index (χ1n) is 7.55. The van der Waals surface area contributed by atoms with Crippen LogP contribution >= 0.6 is 0 Å². The first-order valence-corrected chi connectivity index (χ1v) is 7.55. The fourth-order valence-electron chi connectivity index (χ4n) is 5.08. The van der Waals surface area contributed by atoms with Gasteiger partial charge >= 0.3 is 0 Å². The Labute approximate surface area is 110 Å². The Morgan fingerprint density at radius 3 is 2.72 bits per heavy atom. The lowest BCUT2D eigenvalue weighted by molar-refractivity contribution is -0.132. The predicted molar refractivity (Wildman–Crippen MR) is 69.0 cm³/mol. The summed E-state index contributed by atoms with van der Waals surface area (Å²) in [6, 6.07) is 0. The third kappa shape index (κ3) is 1.91. The van der Waals surface area contributed by atoms with Gasteiger partial charge in [-0.25, -0.2) is 0 Å². The number of aliphatic hydroxyl groups excluding tert-OH is 1. The minimum atomic E-state index is -0.0399. The van der Waals surface area contributed by atoms with E-state index in [-0.39, 0.29) is 12.4 Å². The van der Waals surface area contributed by atoms with Crippen LogP contribution < -0.4 is 0 Å². The summed E-state index contributed by atoms with van der Waals surface area (Å²) >= 11 is 0. The summed E-state index contributed by atoms with van der Waals surface area (Å²) in [6.45, 7) is 2.48. The number of fused-ring (bicyclic) bond motifs is 2. The summed E-state index contributed by atoms with van der Waals surface area (Å²) in [5, 5.41) is 9.86. The minimum Gasteiger partial charge on any atom is -0.396 e. The summed E-state index contributed by atoms with van der Waals surface area (Å²) in [6.07, 6.45) is 6.80. The molecule has 18 heavy (non-hydrogen) atoms. The molecular formula is C15H26O3. The molecule has 1 aliphatic heterocycles. The van der Waals surface area contributed by atoms with Crippen molar-refractivity contribution in [3.63, 3.8) is 0 Å². The van der Waals surface area contributed by atoms with Gasteiger partial charge in [-0.2, -0.15) is 0 Å². The third-order valence-corrected chi connectivity index (χ3v) is 5.77. The molecule has 0 amide bonds. The van der Waals surface area contributed by atoms with Gasteiger partial charge in [0.15, 0.2) is 6.29 Å². The van der Waals surface area contributed by atoms with Crippen LogP contribution in [0, 0.1) is 29.6 Å². The first kappa shape index (κ1) is 12.9. The zero-order valence-electron chi connectivity index (χ0n) is 11.5. The van der Waals surface area contributed by atoms with Crippen LogP contribution in [0.15, 0.2) is 0 Å². The molecule has 2 aliphatic carbocycles. The maximum absolute atomic E-state index is 9.86. The van der Waals surface area contributed by atoms with Gasteiger partial charge in [0.25, 0.3) is 0 Å². The van der Waals surface area contributed by atoms with E-state index in [4.69, 9.17) is 9.47 Å². The highest BCUT2D eigenvalue weighted by molar-refractivity contribution is 4.99. The lowest BCUT2D eigenvalue weighted by Gasteiger charge is -2.47. The first-order chi connectivity index (χ1) is 8.76. The summed E-state index contributed by atoms with van der Waals surface area (Å²) in [5.41, 5.74) is 0. The van der Waals surface area contributed by atoms with Crippen molar-refractivity contribution in [2.24, 2.45) is 29.6 Å². The molecule has 3 rings (SSSR count). The van der Waals surface area contributed by atoms with E-state index in [9.17, 15) is 5.11 Å². The van der Waals surface area contributed by atoms with E-state index in [1.807, 2.05) is 0 Å². The molecule has 0 radical (unpaired) electrons. The van der Waals surface area contributed by atoms with Crippen molar-refractivity contribution in [3.05, 3.63) is 0 Å². The number of aliphatic hydroxyl groups is 1. The van der Waals surface area contributed by atoms with Crippen LogP contribution in [0.1, 0.15) is 39.0 Å². The second-order valence-corrected chi connectivity index (χ2v) is 6.48. The third-order valence-electron chi connectivity index (χ3n) is 5.77. The summed E-state index contributed by atoms with van der Waals surface area (Å²) in [7, 11) is 1.75. The Bertz CT molecular complexity index is 293. The van der Waals surface area contributed by atoms with Gasteiger partial charge in [0.2, 0.25) is 0 Å². The van der Waals surface area contributed by atoms with Gasteiger partial charge in [-0.1, -0.05) is 19.3 Å². The summed E-state index contributed by atoms with van der Waals surface area (Å²) < 4.78 is 11.5. The van der Waals surface area contributed by atoms with Crippen LogP contribution in [0.5, 0.6) is 0 Å². The molecule has 1 saturated heterocycles. The molecule has 3 fully saturated rings. The Morgan fingerprint density at radius 1 is 1.22 bits per heavy atom. The van der Waals surface area contributed by atoms with Crippen molar-refractivity contribution in [2.75, 3.05) is 13.7 Å². The van der Waals surface area contributed by atoms with Crippen molar-refractivity contribution < 1.29 is 14.6 Å². The average Bonchev–Trinajstić information content (AvgIpc) is 2.73. The maximum atomic E-state index is 9.86. The van der Waals surface area contributed by atoms with E-state index >= 15 is 0 Å². The Hall–Kier alpha value is -0.120. The summed E-state index contributed by atoms with van der Waals surface area (Å²) in [5.74, 6) is 2.96. The Morgan fingerprint density at radius 2 is 2.00 bits per heavy atom. The SMILES string of the molecule is COC1OC(C)C2C1CC1CCCCC1[C@@H]2CO. The second-order valence-electron chi connectivity index (χ2n) is 6.48. The van der Waals surface area contributed by atoms with Crippen LogP contribution in [-0.4, -0.2) is 31.2 Å². The van der Waals surface area contributed by atoms with Crippen molar-refractivity contribution in [2.45, 2.75) is 51.4 Å². The molecule has 0 aromatic heterocycles. The van der Waals surface area contributed by atoms with E-state index in [0.717, 1.165) is 11.8 Å². The van der Waals surface area contributed by atoms with Gasteiger partial charge in [0, 0.05) is 19.6 Å². The van der Waals surface area contributed by atoms with E-state index in [0.29, 0.717) is 24.4 Å². The normalized spacial score (nSPS) is 51.8. The van der Waals surface area contributed by atoms with Crippen molar-refractivity contribution in [3.8, 4) is 0 Å². The number of ether oxygens (including phenoxy) is 2. The smallest absolute Gasteiger partial charge is 0.160 e. The molecule has 1 heterocycles. The van der Waals surface area contributed by atoms with Crippen molar-refractivity contribution >= 4 is 0 Å². The largest absolute Gasteiger partial charge is 0.396 e. The highest BCUT2D eigenvalue weighted by Gasteiger charge is 2.53. The molecule has 3 heteroatoms. The summed E-state index contributed by atoms with van der Waals surface area (Å²) in [4.78, 5) is 0. The van der Waals surface area contributed by atoms with E-state index in [2.05, 4.69) is 6.92 Å². The van der Waals surface area contributed by atoms with Crippen molar-refractivity contribution in [1.29, 1.82) is 0 Å². The number of hydrogen-bond acceptors (Lipinski definition) is 3. The molecule has 2 saturated carbocycles. The van der Waals surface area contributed by atoms with Crippen LogP contribution in [0.4, 0.5) is 0 Å². The maximum Gasteiger partial charge on any atom is 0.160 e. The standard InChI is InChI=1S/C15H26O3/c1-9-14-12(15(17-2)18-9)7-10-5-3-4-6-11(10)13(14)8-16/h9-16H,3-8H2,1-2H3/t9?,10?,11?,12?,13-,14?,15?/m0/s1. The topological polar surface area (TPSA) is 38.7 Å². The molecule has 3 nitrogen and oxygen atoms in total. The van der Waals surface area contributed by atoms with Gasteiger partial charge in [-0.05, 0) is 43.4 Å². The molecule has 1 N–H and O–H groups in total. The minimum absolute atomic E-state index is 0.0399. The molecule has 0 aromatic rings. The van der Waals surface area contributed by atoms with E-state index in [1.165, 1.54) is 32.1 Å². The number of rotatable bonds is 2. The second kappa shape index (κ2) is 5.10. The number of methoxy groups -OCH3 is 1. The van der Waals surface area contributed by atoms with Crippen LogP contribution in [-0.2, 0) is 9.47 Å².